The molecule has 22 heavy (non-hydrogen) atoms. The summed E-state index contributed by atoms with van der Waals surface area (Å²) in [5.41, 5.74) is 10.3. The Balaban J connectivity index is 1.90. The molecular formula is C18H18N2O2. The maximum absolute atomic E-state index is 11.6. The molecule has 0 radical (unpaired) electrons. The van der Waals surface area contributed by atoms with Crippen LogP contribution in [0.1, 0.15) is 40.7 Å². The molecule has 4 heteroatoms. The highest BCUT2D eigenvalue weighted by atomic mass is 16.2. The van der Waals surface area contributed by atoms with Gasteiger partial charge >= 0.3 is 0 Å². The van der Waals surface area contributed by atoms with E-state index < -0.39 is 0 Å². The van der Waals surface area contributed by atoms with Crippen molar-refractivity contribution in [2.45, 2.75) is 25.8 Å². The van der Waals surface area contributed by atoms with Crippen LogP contribution in [0.2, 0.25) is 0 Å². The number of fused-ring (bicyclic) bond motifs is 1. The lowest BCUT2D eigenvalue weighted by molar-refractivity contribution is -0.119. The molecular weight excluding hydrogens is 276 g/mol. The lowest BCUT2D eigenvalue weighted by Gasteiger charge is -2.12. The fraction of sp³-hybridized carbons (Fsp3) is 0.222. The molecule has 0 bridgehead atoms. The largest absolute Gasteiger partial charge is 0.369 e. The Morgan fingerprint density at radius 2 is 1.86 bits per heavy atom. The predicted octanol–water partition coefficient (Wildman–Crippen LogP) is 2.58. The third-order valence-electron chi connectivity index (χ3n) is 4.19. The number of benzene rings is 2. The number of nitrogens with two attached hydrogens (primary N) is 1. The highest BCUT2D eigenvalue weighted by molar-refractivity contribution is 5.98. The second-order valence-corrected chi connectivity index (χ2v) is 5.54. The molecule has 3 N–H and O–H groups in total. The van der Waals surface area contributed by atoms with Gasteiger partial charge in [0.15, 0.2) is 0 Å². The summed E-state index contributed by atoms with van der Waals surface area (Å²) in [7, 11) is 0. The minimum atomic E-state index is -0.294. The first-order valence-electron chi connectivity index (χ1n) is 7.41. The van der Waals surface area contributed by atoms with Gasteiger partial charge in [-0.05, 0) is 40.8 Å². The molecule has 0 fully saturated rings. The Morgan fingerprint density at radius 1 is 1.18 bits per heavy atom. The lowest BCUT2D eigenvalue weighted by atomic mass is 9.93. The second kappa shape index (κ2) is 5.64. The van der Waals surface area contributed by atoms with E-state index in [2.05, 4.69) is 5.32 Å². The molecule has 1 unspecified atom stereocenters. The number of nitrogens with one attached hydrogen (secondary N) is 1. The molecule has 1 heterocycles. The molecule has 0 spiro atoms. The van der Waals surface area contributed by atoms with Gasteiger partial charge in [-0.25, -0.2) is 0 Å². The fourth-order valence-corrected chi connectivity index (χ4v) is 2.92. The molecule has 2 amide bonds. The first kappa shape index (κ1) is 14.3. The molecule has 112 valence electrons. The summed E-state index contributed by atoms with van der Waals surface area (Å²) in [6.45, 7) is 2.54. The van der Waals surface area contributed by atoms with Crippen LogP contribution < -0.4 is 11.1 Å². The summed E-state index contributed by atoms with van der Waals surface area (Å²) in [6, 6.07) is 13.7. The number of primary amides is 1. The van der Waals surface area contributed by atoms with E-state index in [0.29, 0.717) is 13.0 Å². The van der Waals surface area contributed by atoms with E-state index in [0.717, 1.165) is 27.8 Å². The average molecular weight is 294 g/mol. The number of rotatable bonds is 4. The topological polar surface area (TPSA) is 72.2 Å². The summed E-state index contributed by atoms with van der Waals surface area (Å²) < 4.78 is 0. The minimum Gasteiger partial charge on any atom is -0.369 e. The van der Waals surface area contributed by atoms with Crippen LogP contribution in [0, 0.1) is 0 Å². The zero-order valence-corrected chi connectivity index (χ0v) is 12.4. The first-order valence-corrected chi connectivity index (χ1v) is 7.41. The minimum absolute atomic E-state index is 0.0101. The summed E-state index contributed by atoms with van der Waals surface area (Å²) in [5.74, 6) is -0.544. The molecule has 1 atom stereocenters. The van der Waals surface area contributed by atoms with Gasteiger partial charge in [0.25, 0.3) is 5.91 Å². The van der Waals surface area contributed by atoms with Crippen molar-refractivity contribution in [2.75, 3.05) is 0 Å². The van der Waals surface area contributed by atoms with Gasteiger partial charge in [-0.2, -0.15) is 0 Å². The summed E-state index contributed by atoms with van der Waals surface area (Å²) >= 11 is 0. The van der Waals surface area contributed by atoms with Crippen molar-refractivity contribution in [3.05, 3.63) is 59.2 Å². The van der Waals surface area contributed by atoms with E-state index in [4.69, 9.17) is 5.73 Å². The van der Waals surface area contributed by atoms with Gasteiger partial charge in [0.05, 0.1) is 5.92 Å². The zero-order chi connectivity index (χ0) is 15.7. The standard InChI is InChI=1S/C18H18N2O2/c1-2-15(17(19)21)12-5-3-11(4-6-12)13-7-8-16-14(9-13)10-20-18(16)22/h3-9,15H,2,10H2,1H3,(H2,19,21)(H,20,22). The van der Waals surface area contributed by atoms with Crippen LogP contribution in [0.5, 0.6) is 0 Å². The van der Waals surface area contributed by atoms with E-state index in [1.807, 2.05) is 49.4 Å². The van der Waals surface area contributed by atoms with E-state index in [-0.39, 0.29) is 17.7 Å². The lowest BCUT2D eigenvalue weighted by Crippen LogP contribution is -2.20. The average Bonchev–Trinajstić information content (AvgIpc) is 2.89. The Hall–Kier alpha value is -2.62. The van der Waals surface area contributed by atoms with Crippen LogP contribution in [0.15, 0.2) is 42.5 Å². The van der Waals surface area contributed by atoms with Crippen molar-refractivity contribution in [2.24, 2.45) is 5.73 Å². The van der Waals surface area contributed by atoms with Crippen molar-refractivity contribution < 1.29 is 9.59 Å². The van der Waals surface area contributed by atoms with E-state index in [9.17, 15) is 9.59 Å². The summed E-state index contributed by atoms with van der Waals surface area (Å²) in [5, 5.41) is 2.82. The Kier molecular flexibility index (Phi) is 3.67. The van der Waals surface area contributed by atoms with Gasteiger partial charge in [0.2, 0.25) is 5.91 Å². The van der Waals surface area contributed by atoms with Crippen LogP contribution in [0.3, 0.4) is 0 Å². The first-order chi connectivity index (χ1) is 10.6. The van der Waals surface area contributed by atoms with Crippen LogP contribution >= 0.6 is 0 Å². The molecule has 0 saturated heterocycles. The molecule has 0 aliphatic carbocycles. The molecule has 0 saturated carbocycles. The van der Waals surface area contributed by atoms with Crippen LogP contribution in [-0.2, 0) is 11.3 Å². The van der Waals surface area contributed by atoms with Crippen LogP contribution in [0.4, 0.5) is 0 Å². The summed E-state index contributed by atoms with van der Waals surface area (Å²) in [4.78, 5) is 23.0. The van der Waals surface area contributed by atoms with Crippen molar-refractivity contribution in [1.29, 1.82) is 0 Å². The van der Waals surface area contributed by atoms with E-state index in [1.54, 1.807) is 0 Å². The molecule has 1 aliphatic heterocycles. The number of carbonyl (C=O) groups is 2. The molecule has 2 aromatic carbocycles. The number of hydrogen-bond acceptors (Lipinski definition) is 2. The van der Waals surface area contributed by atoms with Gasteiger partial charge in [-0.1, -0.05) is 37.3 Å². The van der Waals surface area contributed by atoms with E-state index in [1.165, 1.54) is 0 Å². The Bertz CT molecular complexity index is 735. The van der Waals surface area contributed by atoms with E-state index >= 15 is 0 Å². The molecule has 1 aliphatic rings. The Labute approximate surface area is 129 Å². The maximum Gasteiger partial charge on any atom is 0.251 e. The van der Waals surface area contributed by atoms with Crippen LogP contribution in [0.25, 0.3) is 11.1 Å². The third-order valence-corrected chi connectivity index (χ3v) is 4.19. The number of hydrogen-bond donors (Lipinski definition) is 2. The van der Waals surface area contributed by atoms with Crippen molar-refractivity contribution in [3.8, 4) is 11.1 Å². The predicted molar refractivity (Wildman–Crippen MR) is 85.3 cm³/mol. The monoisotopic (exact) mass is 294 g/mol. The molecule has 2 aromatic rings. The fourth-order valence-electron chi connectivity index (χ4n) is 2.92. The van der Waals surface area contributed by atoms with Crippen molar-refractivity contribution in [1.82, 2.24) is 5.32 Å². The number of amides is 2. The number of carbonyl (C=O) groups excluding carboxylic acids is 2. The molecule has 4 nitrogen and oxygen atoms in total. The molecule has 3 rings (SSSR count). The smallest absolute Gasteiger partial charge is 0.251 e. The highest BCUT2D eigenvalue weighted by Gasteiger charge is 2.19. The van der Waals surface area contributed by atoms with Crippen molar-refractivity contribution in [3.63, 3.8) is 0 Å². The van der Waals surface area contributed by atoms with Gasteiger partial charge in [-0.3, -0.25) is 9.59 Å². The van der Waals surface area contributed by atoms with Crippen LogP contribution in [-0.4, -0.2) is 11.8 Å². The van der Waals surface area contributed by atoms with Gasteiger partial charge in [0.1, 0.15) is 0 Å². The molecule has 0 aromatic heterocycles. The van der Waals surface area contributed by atoms with Gasteiger partial charge in [0, 0.05) is 12.1 Å². The SMILES string of the molecule is CCC(C(N)=O)c1ccc(-c2ccc3c(c2)CNC3=O)cc1. The zero-order valence-electron chi connectivity index (χ0n) is 12.4. The maximum atomic E-state index is 11.6. The summed E-state index contributed by atoms with van der Waals surface area (Å²) in [6.07, 6.45) is 0.696. The van der Waals surface area contributed by atoms with Gasteiger partial charge in [-0.15, -0.1) is 0 Å². The van der Waals surface area contributed by atoms with Crippen molar-refractivity contribution >= 4 is 11.8 Å². The highest BCUT2D eigenvalue weighted by Crippen LogP contribution is 2.27. The Morgan fingerprint density at radius 3 is 2.50 bits per heavy atom. The quantitative estimate of drug-likeness (QED) is 0.909. The second-order valence-electron chi connectivity index (χ2n) is 5.54. The third kappa shape index (κ3) is 2.48. The normalized spacial score (nSPS) is 14.3. The van der Waals surface area contributed by atoms with Gasteiger partial charge < -0.3 is 11.1 Å².